The highest BCUT2D eigenvalue weighted by Gasteiger charge is 2.40. The zero-order valence-corrected chi connectivity index (χ0v) is 12.1. The topological polar surface area (TPSA) is 87.7 Å². The van der Waals surface area contributed by atoms with Gasteiger partial charge in [0.25, 0.3) is 0 Å². The number of carboxylic acids is 1. The number of ether oxygens (including phenoxy) is 1. The molecule has 6 heteroatoms. The maximum atomic E-state index is 12.0. The van der Waals surface area contributed by atoms with Crippen LogP contribution in [0, 0.1) is 0 Å². The molecule has 3 unspecified atom stereocenters. The Balaban J connectivity index is 2.66. The van der Waals surface area contributed by atoms with Crippen LogP contribution in [0.5, 0.6) is 0 Å². The number of nitrogens with one attached hydrogen (secondary N) is 2. The molecule has 1 heterocycles. The zero-order valence-electron chi connectivity index (χ0n) is 12.1. The van der Waals surface area contributed by atoms with Gasteiger partial charge in [-0.25, -0.2) is 9.59 Å². The van der Waals surface area contributed by atoms with Gasteiger partial charge in [-0.2, -0.15) is 0 Å². The van der Waals surface area contributed by atoms with Gasteiger partial charge in [0.1, 0.15) is 5.54 Å². The van der Waals surface area contributed by atoms with Crippen molar-refractivity contribution < 1.29 is 19.4 Å². The lowest BCUT2D eigenvalue weighted by atomic mass is 9.94. The van der Waals surface area contributed by atoms with E-state index in [9.17, 15) is 14.7 Å². The molecule has 0 aromatic carbocycles. The molecular formula is C13H24N2O4. The van der Waals surface area contributed by atoms with Gasteiger partial charge in [0.2, 0.25) is 0 Å². The Labute approximate surface area is 113 Å². The quantitative estimate of drug-likeness (QED) is 0.707. The van der Waals surface area contributed by atoms with E-state index in [1.165, 1.54) is 6.92 Å². The number of aliphatic carboxylic acids is 1. The highest BCUT2D eigenvalue weighted by Crippen LogP contribution is 2.25. The fourth-order valence-corrected chi connectivity index (χ4v) is 2.26. The molecule has 0 radical (unpaired) electrons. The smallest absolute Gasteiger partial charge is 0.329 e. The van der Waals surface area contributed by atoms with Crippen molar-refractivity contribution in [1.29, 1.82) is 0 Å². The van der Waals surface area contributed by atoms with Crippen molar-refractivity contribution in [2.24, 2.45) is 0 Å². The van der Waals surface area contributed by atoms with E-state index in [-0.39, 0.29) is 6.10 Å². The van der Waals surface area contributed by atoms with Gasteiger partial charge >= 0.3 is 12.0 Å². The second kappa shape index (κ2) is 5.77. The molecular weight excluding hydrogens is 248 g/mol. The van der Waals surface area contributed by atoms with Crippen LogP contribution >= 0.6 is 0 Å². The summed E-state index contributed by atoms with van der Waals surface area (Å²) in [5.74, 6) is -1.02. The lowest BCUT2D eigenvalue weighted by Crippen LogP contribution is -2.60. The van der Waals surface area contributed by atoms with Crippen LogP contribution in [0.2, 0.25) is 0 Å². The van der Waals surface area contributed by atoms with Crippen LogP contribution in [0.1, 0.15) is 47.0 Å². The summed E-state index contributed by atoms with van der Waals surface area (Å²) < 4.78 is 5.44. The highest BCUT2D eigenvalue weighted by atomic mass is 16.5. The fourth-order valence-electron chi connectivity index (χ4n) is 2.26. The molecule has 1 fully saturated rings. The monoisotopic (exact) mass is 272 g/mol. The van der Waals surface area contributed by atoms with Crippen molar-refractivity contribution in [2.45, 2.75) is 64.1 Å². The number of carbonyl (C=O) groups excluding carboxylic acids is 1. The van der Waals surface area contributed by atoms with Gasteiger partial charge < -0.3 is 20.5 Å². The first kappa shape index (κ1) is 15.8. The molecule has 6 nitrogen and oxygen atoms in total. The number of carbonyl (C=O) groups is 2. The Hall–Kier alpha value is -1.30. The first-order valence-corrected chi connectivity index (χ1v) is 6.69. The van der Waals surface area contributed by atoms with Gasteiger partial charge in [-0.3, -0.25) is 0 Å². The molecule has 0 spiro atoms. The Morgan fingerprint density at radius 2 is 2.16 bits per heavy atom. The van der Waals surface area contributed by atoms with Crippen LogP contribution < -0.4 is 10.6 Å². The lowest BCUT2D eigenvalue weighted by Gasteiger charge is -2.32. The molecule has 110 valence electrons. The summed E-state index contributed by atoms with van der Waals surface area (Å²) >= 11 is 0. The molecule has 0 aliphatic carbocycles. The molecule has 2 amide bonds. The lowest BCUT2D eigenvalue weighted by molar-refractivity contribution is -0.144. The maximum Gasteiger partial charge on any atom is 0.329 e. The second-order valence-electron chi connectivity index (χ2n) is 5.65. The third-order valence-electron chi connectivity index (χ3n) is 3.90. The molecule has 1 aliphatic heterocycles. The molecule has 0 saturated carbocycles. The Morgan fingerprint density at radius 3 is 2.58 bits per heavy atom. The van der Waals surface area contributed by atoms with E-state index >= 15 is 0 Å². The van der Waals surface area contributed by atoms with Crippen LogP contribution in [0.3, 0.4) is 0 Å². The SMILES string of the molecule is CCCC(C)(NC(=O)NC1(C)CCOC1C)C(=O)O. The Morgan fingerprint density at radius 1 is 1.53 bits per heavy atom. The van der Waals surface area contributed by atoms with Crippen molar-refractivity contribution in [2.75, 3.05) is 6.61 Å². The Kier molecular flexibility index (Phi) is 4.79. The summed E-state index contributed by atoms with van der Waals surface area (Å²) in [6, 6.07) is -0.460. The van der Waals surface area contributed by atoms with Crippen molar-refractivity contribution in [3.8, 4) is 0 Å². The number of urea groups is 1. The van der Waals surface area contributed by atoms with Crippen molar-refractivity contribution in [1.82, 2.24) is 10.6 Å². The van der Waals surface area contributed by atoms with Gasteiger partial charge in [0, 0.05) is 6.61 Å². The summed E-state index contributed by atoms with van der Waals surface area (Å²) in [6.45, 7) is 7.81. The van der Waals surface area contributed by atoms with E-state index in [1.54, 1.807) is 0 Å². The van der Waals surface area contributed by atoms with Crippen LogP contribution in [-0.4, -0.2) is 40.9 Å². The summed E-state index contributed by atoms with van der Waals surface area (Å²) in [6.07, 6.45) is 1.71. The zero-order chi connectivity index (χ0) is 14.7. The average molecular weight is 272 g/mol. The van der Waals surface area contributed by atoms with E-state index in [2.05, 4.69) is 10.6 Å². The Bertz CT molecular complexity index is 361. The predicted molar refractivity (Wildman–Crippen MR) is 71.1 cm³/mol. The van der Waals surface area contributed by atoms with E-state index in [1.807, 2.05) is 20.8 Å². The number of carboxylic acid groups (broad SMARTS) is 1. The van der Waals surface area contributed by atoms with Crippen LogP contribution in [0.4, 0.5) is 4.79 Å². The number of rotatable bonds is 5. The molecule has 1 rings (SSSR count). The van der Waals surface area contributed by atoms with Crippen LogP contribution in [-0.2, 0) is 9.53 Å². The van der Waals surface area contributed by atoms with Crippen molar-refractivity contribution >= 4 is 12.0 Å². The van der Waals surface area contributed by atoms with Crippen molar-refractivity contribution in [3.63, 3.8) is 0 Å². The molecule has 0 aromatic rings. The summed E-state index contributed by atoms with van der Waals surface area (Å²) in [4.78, 5) is 23.3. The molecule has 3 atom stereocenters. The number of hydrogen-bond acceptors (Lipinski definition) is 3. The normalized spacial score (nSPS) is 29.6. The fraction of sp³-hybridized carbons (Fsp3) is 0.846. The van der Waals surface area contributed by atoms with E-state index in [0.717, 1.165) is 6.42 Å². The predicted octanol–water partition coefficient (Wildman–Crippen LogP) is 1.50. The second-order valence-corrected chi connectivity index (χ2v) is 5.65. The first-order chi connectivity index (χ1) is 8.73. The van der Waals surface area contributed by atoms with Crippen LogP contribution in [0.15, 0.2) is 0 Å². The minimum absolute atomic E-state index is 0.0829. The molecule has 1 saturated heterocycles. The third-order valence-corrected chi connectivity index (χ3v) is 3.90. The standard InChI is InChI=1S/C13H24N2O4/c1-5-6-13(4,10(16)17)15-11(18)14-12(3)7-8-19-9(12)2/h9H,5-8H2,1-4H3,(H,16,17)(H2,14,15,18). The molecule has 1 aliphatic rings. The molecule has 3 N–H and O–H groups in total. The first-order valence-electron chi connectivity index (χ1n) is 6.69. The maximum absolute atomic E-state index is 12.0. The molecule has 19 heavy (non-hydrogen) atoms. The van der Waals surface area contributed by atoms with Crippen molar-refractivity contribution in [3.05, 3.63) is 0 Å². The van der Waals surface area contributed by atoms with Gasteiger partial charge in [-0.15, -0.1) is 0 Å². The number of amides is 2. The third kappa shape index (κ3) is 3.59. The summed E-state index contributed by atoms with van der Waals surface area (Å²) in [7, 11) is 0. The minimum atomic E-state index is -1.24. The molecule has 0 bridgehead atoms. The summed E-state index contributed by atoms with van der Waals surface area (Å²) in [5.41, 5.74) is -1.69. The summed E-state index contributed by atoms with van der Waals surface area (Å²) in [5, 5.41) is 14.6. The number of hydrogen-bond donors (Lipinski definition) is 3. The van der Waals surface area contributed by atoms with Gasteiger partial charge in [0.15, 0.2) is 0 Å². The van der Waals surface area contributed by atoms with E-state index in [0.29, 0.717) is 19.4 Å². The minimum Gasteiger partial charge on any atom is -0.480 e. The van der Waals surface area contributed by atoms with Gasteiger partial charge in [0.05, 0.1) is 11.6 Å². The largest absolute Gasteiger partial charge is 0.480 e. The van der Waals surface area contributed by atoms with E-state index in [4.69, 9.17) is 4.74 Å². The van der Waals surface area contributed by atoms with Gasteiger partial charge in [-0.1, -0.05) is 13.3 Å². The van der Waals surface area contributed by atoms with Crippen LogP contribution in [0.25, 0.3) is 0 Å². The van der Waals surface area contributed by atoms with Gasteiger partial charge in [-0.05, 0) is 33.6 Å². The average Bonchev–Trinajstić information content (AvgIpc) is 2.58. The van der Waals surface area contributed by atoms with E-state index < -0.39 is 23.1 Å². The highest BCUT2D eigenvalue weighted by molar-refractivity contribution is 5.86. The molecule has 0 aromatic heterocycles.